The van der Waals surface area contributed by atoms with Crippen LogP contribution in [0.25, 0.3) is 0 Å². The molecule has 0 saturated carbocycles. The van der Waals surface area contributed by atoms with E-state index in [0.717, 1.165) is 0 Å². The number of nitrogens with two attached hydrogens (primary N) is 1. The first-order chi connectivity index (χ1) is 11.5. The molecule has 8 heteroatoms. The van der Waals surface area contributed by atoms with Crippen LogP contribution in [0.3, 0.4) is 0 Å². The number of amides is 2. The molecule has 3 N–H and O–H groups in total. The number of hydrogen-bond donors (Lipinski definition) is 2. The van der Waals surface area contributed by atoms with Crippen molar-refractivity contribution in [3.63, 3.8) is 0 Å². The molecule has 0 aromatic carbocycles. The second-order valence-electron chi connectivity index (χ2n) is 5.47. The molecule has 8 nitrogen and oxygen atoms in total. The van der Waals surface area contributed by atoms with Gasteiger partial charge in [0.1, 0.15) is 17.1 Å². The number of nitrogens with zero attached hydrogens (tertiary/aromatic N) is 3. The van der Waals surface area contributed by atoms with Crippen molar-refractivity contribution in [2.45, 2.75) is 18.5 Å². The predicted octanol–water partition coefficient (Wildman–Crippen LogP) is -0.0206. The van der Waals surface area contributed by atoms with Crippen LogP contribution in [-0.2, 0) is 9.53 Å². The lowest BCUT2D eigenvalue weighted by Gasteiger charge is -2.22. The number of aromatic nitrogens is 2. The summed E-state index contributed by atoms with van der Waals surface area (Å²) in [5, 5.41) is 7.26. The summed E-state index contributed by atoms with van der Waals surface area (Å²) in [7, 11) is 3.24. The van der Waals surface area contributed by atoms with E-state index >= 15 is 0 Å². The van der Waals surface area contributed by atoms with Crippen LogP contribution in [0, 0.1) is 12.3 Å². The molecule has 0 aliphatic carbocycles. The maximum Gasteiger partial charge on any atom is 0.255 e. The molecule has 0 bridgehead atoms. The van der Waals surface area contributed by atoms with Crippen LogP contribution in [0.15, 0.2) is 12.7 Å². The molecular formula is C16H21N5O3. The lowest BCUT2D eigenvalue weighted by Crippen LogP contribution is -2.37. The van der Waals surface area contributed by atoms with Crippen molar-refractivity contribution < 1.29 is 14.3 Å². The minimum absolute atomic E-state index is 0.106. The molecule has 128 valence electrons. The van der Waals surface area contributed by atoms with Gasteiger partial charge in [0.05, 0.1) is 18.7 Å². The molecule has 2 heterocycles. The zero-order valence-electron chi connectivity index (χ0n) is 13.8. The Labute approximate surface area is 140 Å². The van der Waals surface area contributed by atoms with Gasteiger partial charge in [0, 0.05) is 20.7 Å². The molecule has 1 aliphatic heterocycles. The third kappa shape index (κ3) is 2.98. The summed E-state index contributed by atoms with van der Waals surface area (Å²) in [4.78, 5) is 25.5. The van der Waals surface area contributed by atoms with Crippen molar-refractivity contribution in [3.8, 4) is 12.3 Å². The maximum atomic E-state index is 12.1. The number of primary amides is 1. The van der Waals surface area contributed by atoms with E-state index in [-0.39, 0.29) is 29.2 Å². The van der Waals surface area contributed by atoms with E-state index in [1.165, 1.54) is 6.08 Å². The molecule has 0 radical (unpaired) electrons. The Hall–Kier alpha value is -2.79. The Balaban J connectivity index is 2.42. The van der Waals surface area contributed by atoms with Crippen molar-refractivity contribution >= 4 is 17.6 Å². The zero-order chi connectivity index (χ0) is 17.9. The number of terminal acetylenes is 1. The van der Waals surface area contributed by atoms with Gasteiger partial charge in [-0.25, -0.2) is 4.68 Å². The van der Waals surface area contributed by atoms with Gasteiger partial charge in [0.2, 0.25) is 5.91 Å². The van der Waals surface area contributed by atoms with Crippen molar-refractivity contribution in [3.05, 3.63) is 23.9 Å². The minimum atomic E-state index is -0.649. The lowest BCUT2D eigenvalue weighted by molar-refractivity contribution is -0.127. The Kier molecular flexibility index (Phi) is 5.26. The second-order valence-corrected chi connectivity index (χ2v) is 5.47. The maximum absolute atomic E-state index is 12.1. The SMILES string of the molecule is C#Cc1nn([C@H]2C[C@@H](COC)N(C(=O)C=C)C2)c(NC)c1C(N)=O. The third-order valence-corrected chi connectivity index (χ3v) is 4.09. The topological polar surface area (TPSA) is 102 Å². The van der Waals surface area contributed by atoms with Crippen LogP contribution in [0.2, 0.25) is 0 Å². The quantitative estimate of drug-likeness (QED) is 0.563. The van der Waals surface area contributed by atoms with Gasteiger partial charge in [0.25, 0.3) is 5.91 Å². The van der Waals surface area contributed by atoms with E-state index in [4.69, 9.17) is 16.9 Å². The van der Waals surface area contributed by atoms with Gasteiger partial charge in [-0.15, -0.1) is 6.42 Å². The van der Waals surface area contributed by atoms with E-state index < -0.39 is 5.91 Å². The third-order valence-electron chi connectivity index (χ3n) is 4.09. The fourth-order valence-corrected chi connectivity index (χ4v) is 3.08. The Morgan fingerprint density at radius 2 is 2.33 bits per heavy atom. The van der Waals surface area contributed by atoms with Gasteiger partial charge < -0.3 is 20.7 Å². The fourth-order valence-electron chi connectivity index (χ4n) is 3.08. The smallest absolute Gasteiger partial charge is 0.255 e. The molecule has 24 heavy (non-hydrogen) atoms. The molecule has 1 fully saturated rings. The van der Waals surface area contributed by atoms with E-state index in [2.05, 4.69) is 22.9 Å². The van der Waals surface area contributed by atoms with Crippen LogP contribution in [-0.4, -0.2) is 59.8 Å². The number of carbonyl (C=O) groups is 2. The van der Waals surface area contributed by atoms with Gasteiger partial charge in [-0.3, -0.25) is 9.59 Å². The van der Waals surface area contributed by atoms with Crippen LogP contribution in [0.5, 0.6) is 0 Å². The van der Waals surface area contributed by atoms with Crippen LogP contribution < -0.4 is 11.1 Å². The molecule has 1 aromatic rings. The number of hydrogen-bond acceptors (Lipinski definition) is 5. The van der Waals surface area contributed by atoms with Gasteiger partial charge >= 0.3 is 0 Å². The number of anilines is 1. The first-order valence-electron chi connectivity index (χ1n) is 7.47. The largest absolute Gasteiger partial charge is 0.383 e. The minimum Gasteiger partial charge on any atom is -0.383 e. The molecular weight excluding hydrogens is 310 g/mol. The van der Waals surface area contributed by atoms with E-state index in [9.17, 15) is 9.59 Å². The summed E-state index contributed by atoms with van der Waals surface area (Å²) >= 11 is 0. The Morgan fingerprint density at radius 1 is 1.62 bits per heavy atom. The van der Waals surface area contributed by atoms with Crippen molar-refractivity contribution in [1.29, 1.82) is 0 Å². The van der Waals surface area contributed by atoms with Gasteiger partial charge in [-0.05, 0) is 18.4 Å². The summed E-state index contributed by atoms with van der Waals surface area (Å²) in [6.45, 7) is 4.35. The Morgan fingerprint density at radius 3 is 2.83 bits per heavy atom. The monoisotopic (exact) mass is 331 g/mol. The molecule has 2 amide bonds. The standard InChI is InChI=1S/C16H21N5O3/c1-5-12-14(15(17)23)16(18-3)21(19-12)10-7-11(9-24-4)20(8-10)13(22)6-2/h1,6,10-11,18H,2,7-9H2,3-4H3,(H2,17,23)/t10-,11-/m0/s1. The highest BCUT2D eigenvalue weighted by Crippen LogP contribution is 2.32. The van der Waals surface area contributed by atoms with Crippen LogP contribution >= 0.6 is 0 Å². The molecule has 1 saturated heterocycles. The summed E-state index contributed by atoms with van der Waals surface area (Å²) < 4.78 is 6.83. The lowest BCUT2D eigenvalue weighted by atomic mass is 10.1. The molecule has 1 aromatic heterocycles. The highest BCUT2D eigenvalue weighted by molar-refractivity contribution is 6.00. The second kappa shape index (κ2) is 7.19. The summed E-state index contributed by atoms with van der Waals surface area (Å²) in [5.41, 5.74) is 5.79. The normalized spacial score (nSPS) is 19.8. The number of likely N-dealkylation sites (tertiary alicyclic amines) is 1. The van der Waals surface area contributed by atoms with Gasteiger partial charge in [-0.1, -0.05) is 6.58 Å². The average Bonchev–Trinajstić information content (AvgIpc) is 3.15. The average molecular weight is 331 g/mol. The van der Waals surface area contributed by atoms with Crippen LogP contribution in [0.1, 0.15) is 28.5 Å². The molecule has 0 unspecified atom stereocenters. The summed E-state index contributed by atoms with van der Waals surface area (Å²) in [6, 6.07) is -0.262. The molecule has 2 atom stereocenters. The van der Waals surface area contributed by atoms with Crippen molar-refractivity contribution in [1.82, 2.24) is 14.7 Å². The predicted molar refractivity (Wildman–Crippen MR) is 89.5 cm³/mol. The molecule has 1 aliphatic rings. The van der Waals surface area contributed by atoms with Crippen LogP contribution in [0.4, 0.5) is 5.82 Å². The number of methoxy groups -OCH3 is 1. The fraction of sp³-hybridized carbons (Fsp3) is 0.438. The Bertz CT molecular complexity index is 703. The van der Waals surface area contributed by atoms with Crippen molar-refractivity contribution in [2.75, 3.05) is 32.6 Å². The van der Waals surface area contributed by atoms with E-state index in [1.54, 1.807) is 23.7 Å². The number of ether oxygens (including phenoxy) is 1. The van der Waals surface area contributed by atoms with E-state index in [0.29, 0.717) is 25.4 Å². The summed E-state index contributed by atoms with van der Waals surface area (Å²) in [5.74, 6) is 2.01. The first-order valence-corrected chi connectivity index (χ1v) is 7.47. The number of rotatable bonds is 6. The first kappa shape index (κ1) is 17.6. The highest BCUT2D eigenvalue weighted by Gasteiger charge is 2.37. The van der Waals surface area contributed by atoms with E-state index in [1.807, 2.05) is 0 Å². The highest BCUT2D eigenvalue weighted by atomic mass is 16.5. The van der Waals surface area contributed by atoms with Gasteiger partial charge in [0.15, 0.2) is 0 Å². The van der Waals surface area contributed by atoms with Gasteiger partial charge in [-0.2, -0.15) is 5.10 Å². The number of nitrogens with one attached hydrogen (secondary N) is 1. The zero-order valence-corrected chi connectivity index (χ0v) is 13.8. The van der Waals surface area contributed by atoms with Crippen molar-refractivity contribution in [2.24, 2.45) is 5.73 Å². The molecule has 2 rings (SSSR count). The summed E-state index contributed by atoms with van der Waals surface area (Å²) in [6.07, 6.45) is 7.33. The number of carbonyl (C=O) groups excluding carboxylic acids is 2. The molecule has 0 spiro atoms.